The second kappa shape index (κ2) is 4.02. The maximum atomic E-state index is 10.8. The Hall–Kier alpha value is -1.36. The summed E-state index contributed by atoms with van der Waals surface area (Å²) in [4.78, 5) is 14.8. The lowest BCUT2D eigenvalue weighted by Crippen LogP contribution is -1.99. The zero-order valence-corrected chi connectivity index (χ0v) is 9.03. The zero-order chi connectivity index (χ0) is 10.8. The average molecular weight is 222 g/mol. The van der Waals surface area contributed by atoms with Crippen molar-refractivity contribution in [2.24, 2.45) is 4.99 Å². The number of nitro groups is 1. The number of rotatable bonds is 2. The molecule has 1 unspecified atom stereocenters. The molecule has 0 bridgehead atoms. The largest absolute Gasteiger partial charge is 0.279 e. The van der Waals surface area contributed by atoms with Crippen LogP contribution < -0.4 is 0 Å². The van der Waals surface area contributed by atoms with Crippen LogP contribution in [-0.2, 0) is 0 Å². The van der Waals surface area contributed by atoms with Crippen LogP contribution in [-0.4, -0.2) is 21.8 Å². The molecule has 0 fully saturated rings. The number of nitro benzene ring substituents is 1. The Morgan fingerprint density at radius 3 is 2.87 bits per heavy atom. The summed E-state index contributed by atoms with van der Waals surface area (Å²) in [6.07, 6.45) is 0. The molecule has 0 radical (unpaired) electrons. The molecule has 1 aliphatic heterocycles. The summed E-state index contributed by atoms with van der Waals surface area (Å²) < 4.78 is 0. The van der Waals surface area contributed by atoms with Crippen LogP contribution in [0.4, 0.5) is 5.69 Å². The molecule has 1 aliphatic rings. The second-order valence-electron chi connectivity index (χ2n) is 3.37. The highest BCUT2D eigenvalue weighted by Gasteiger charge is 2.22. The van der Waals surface area contributed by atoms with Crippen LogP contribution in [0.2, 0.25) is 0 Å². The highest BCUT2D eigenvalue weighted by Crippen LogP contribution is 2.28. The molecule has 0 amide bonds. The van der Waals surface area contributed by atoms with E-state index in [1.54, 1.807) is 30.0 Å². The molecule has 1 heterocycles. The highest BCUT2D eigenvalue weighted by atomic mass is 32.2. The van der Waals surface area contributed by atoms with Crippen molar-refractivity contribution >= 4 is 22.5 Å². The van der Waals surface area contributed by atoms with Crippen molar-refractivity contribution in [2.45, 2.75) is 13.0 Å². The van der Waals surface area contributed by atoms with E-state index in [2.05, 4.69) is 4.99 Å². The number of thioether (sulfide) groups is 1. The van der Waals surface area contributed by atoms with Gasteiger partial charge in [0.05, 0.1) is 16.5 Å². The normalized spacial score (nSPS) is 20.1. The molecular weight excluding hydrogens is 212 g/mol. The van der Waals surface area contributed by atoms with Gasteiger partial charge in [-0.2, -0.15) is 0 Å². The third-order valence-electron chi connectivity index (χ3n) is 2.13. The lowest BCUT2D eigenvalue weighted by Gasteiger charge is -2.00. The molecule has 0 aromatic heterocycles. The first-order chi connectivity index (χ1) is 7.18. The average Bonchev–Trinajstić information content (AvgIpc) is 2.65. The fourth-order valence-electron chi connectivity index (χ4n) is 1.44. The van der Waals surface area contributed by atoms with Gasteiger partial charge in [0.15, 0.2) is 0 Å². The van der Waals surface area contributed by atoms with Crippen LogP contribution >= 0.6 is 11.8 Å². The van der Waals surface area contributed by atoms with Gasteiger partial charge in [-0.05, 0) is 13.0 Å². The minimum Gasteiger partial charge on any atom is -0.274 e. The van der Waals surface area contributed by atoms with Gasteiger partial charge < -0.3 is 0 Å². The summed E-state index contributed by atoms with van der Waals surface area (Å²) in [5.41, 5.74) is 0.773. The van der Waals surface area contributed by atoms with Crippen molar-refractivity contribution in [2.75, 3.05) is 5.75 Å². The minimum atomic E-state index is -0.360. The molecule has 0 aliphatic carbocycles. The van der Waals surface area contributed by atoms with E-state index in [-0.39, 0.29) is 16.7 Å². The molecule has 1 atom stereocenters. The maximum Gasteiger partial charge on any atom is 0.279 e. The van der Waals surface area contributed by atoms with Crippen molar-refractivity contribution in [1.82, 2.24) is 0 Å². The molecule has 0 N–H and O–H groups in total. The van der Waals surface area contributed by atoms with Gasteiger partial charge >= 0.3 is 0 Å². The van der Waals surface area contributed by atoms with Gasteiger partial charge in [0, 0.05) is 11.8 Å². The molecule has 2 rings (SSSR count). The molecule has 5 heteroatoms. The Balaban J connectivity index is 2.44. The molecule has 0 spiro atoms. The fourth-order valence-corrected chi connectivity index (χ4v) is 2.49. The van der Waals surface area contributed by atoms with Gasteiger partial charge in [0.1, 0.15) is 5.04 Å². The van der Waals surface area contributed by atoms with Gasteiger partial charge in [-0.3, -0.25) is 15.1 Å². The zero-order valence-electron chi connectivity index (χ0n) is 8.21. The fraction of sp³-hybridized carbons (Fsp3) is 0.300. The monoisotopic (exact) mass is 222 g/mol. The SMILES string of the molecule is CC1CSC(c2ccccc2[N+](=O)[O-])=N1. The van der Waals surface area contributed by atoms with E-state index in [0.717, 1.165) is 10.8 Å². The number of hydrogen-bond donors (Lipinski definition) is 0. The van der Waals surface area contributed by atoms with Crippen LogP contribution in [0.1, 0.15) is 12.5 Å². The van der Waals surface area contributed by atoms with Crippen LogP contribution in [0, 0.1) is 10.1 Å². The highest BCUT2D eigenvalue weighted by molar-refractivity contribution is 8.14. The Bertz CT molecular complexity index is 431. The Morgan fingerprint density at radius 2 is 2.27 bits per heavy atom. The molecule has 78 valence electrons. The lowest BCUT2D eigenvalue weighted by molar-refractivity contribution is -0.385. The van der Waals surface area contributed by atoms with Crippen LogP contribution in [0.25, 0.3) is 0 Å². The Morgan fingerprint density at radius 1 is 1.53 bits per heavy atom. The van der Waals surface area contributed by atoms with E-state index in [0.29, 0.717) is 5.56 Å². The van der Waals surface area contributed by atoms with E-state index < -0.39 is 0 Å². The number of hydrogen-bond acceptors (Lipinski definition) is 4. The van der Waals surface area contributed by atoms with E-state index in [1.807, 2.05) is 6.92 Å². The number of para-hydroxylation sites is 1. The molecule has 1 aromatic carbocycles. The molecule has 4 nitrogen and oxygen atoms in total. The second-order valence-corrected chi connectivity index (χ2v) is 4.38. The predicted molar refractivity (Wildman–Crippen MR) is 61.6 cm³/mol. The van der Waals surface area contributed by atoms with Crippen LogP contribution in [0.5, 0.6) is 0 Å². The summed E-state index contributed by atoms with van der Waals surface area (Å²) in [5, 5.41) is 11.6. The maximum absolute atomic E-state index is 10.8. The summed E-state index contributed by atoms with van der Waals surface area (Å²) in [5.74, 6) is 0.904. The number of benzene rings is 1. The van der Waals surface area contributed by atoms with Gasteiger partial charge in [-0.25, -0.2) is 0 Å². The molecule has 15 heavy (non-hydrogen) atoms. The smallest absolute Gasteiger partial charge is 0.274 e. The first-order valence-corrected chi connectivity index (χ1v) is 5.61. The van der Waals surface area contributed by atoms with Gasteiger partial charge in [-0.1, -0.05) is 12.1 Å². The third kappa shape index (κ3) is 2.02. The van der Waals surface area contributed by atoms with Crippen molar-refractivity contribution in [3.8, 4) is 0 Å². The van der Waals surface area contributed by atoms with Crippen LogP contribution in [0.3, 0.4) is 0 Å². The molecule has 0 saturated carbocycles. The van der Waals surface area contributed by atoms with Crippen molar-refractivity contribution in [3.63, 3.8) is 0 Å². The van der Waals surface area contributed by atoms with Crippen molar-refractivity contribution < 1.29 is 4.92 Å². The first-order valence-electron chi connectivity index (χ1n) is 4.63. The molecule has 0 saturated heterocycles. The lowest BCUT2D eigenvalue weighted by atomic mass is 10.2. The van der Waals surface area contributed by atoms with Gasteiger partial charge in [0.25, 0.3) is 5.69 Å². The summed E-state index contributed by atoms with van der Waals surface area (Å²) >= 11 is 1.58. The van der Waals surface area contributed by atoms with E-state index in [1.165, 1.54) is 6.07 Å². The summed E-state index contributed by atoms with van der Waals surface area (Å²) in [6.45, 7) is 2.01. The topological polar surface area (TPSA) is 55.5 Å². The van der Waals surface area contributed by atoms with Gasteiger partial charge in [0.2, 0.25) is 0 Å². The van der Waals surface area contributed by atoms with E-state index in [9.17, 15) is 10.1 Å². The minimum absolute atomic E-state index is 0.137. The first kappa shape index (κ1) is 10.2. The summed E-state index contributed by atoms with van der Waals surface area (Å²) in [7, 11) is 0. The molecular formula is C10H10N2O2S. The van der Waals surface area contributed by atoms with Crippen molar-refractivity contribution in [1.29, 1.82) is 0 Å². The van der Waals surface area contributed by atoms with Crippen molar-refractivity contribution in [3.05, 3.63) is 39.9 Å². The summed E-state index contributed by atoms with van der Waals surface area (Å²) in [6, 6.07) is 6.99. The quantitative estimate of drug-likeness (QED) is 0.570. The molecule has 1 aromatic rings. The standard InChI is InChI=1S/C10H10N2O2S/c1-7-6-15-10(11-7)8-4-2-3-5-9(8)12(13)14/h2-5,7H,6H2,1H3. The van der Waals surface area contributed by atoms with E-state index >= 15 is 0 Å². The third-order valence-corrected chi connectivity index (χ3v) is 3.38. The Kier molecular flexibility index (Phi) is 2.73. The number of aliphatic imine (C=N–C) groups is 1. The van der Waals surface area contributed by atoms with E-state index in [4.69, 9.17) is 0 Å². The Labute approximate surface area is 91.6 Å². The number of nitrogens with zero attached hydrogens (tertiary/aromatic N) is 2. The van der Waals surface area contributed by atoms with Crippen LogP contribution in [0.15, 0.2) is 29.3 Å². The van der Waals surface area contributed by atoms with Gasteiger partial charge in [-0.15, -0.1) is 11.8 Å². The predicted octanol–water partition coefficient (Wildman–Crippen LogP) is 2.48.